The van der Waals surface area contributed by atoms with Crippen LogP contribution >= 0.6 is 12.0 Å². The Morgan fingerprint density at radius 1 is 1.29 bits per heavy atom. The molecule has 0 amide bonds. The normalized spacial score (nSPS) is 16.3. The summed E-state index contributed by atoms with van der Waals surface area (Å²) in [6.07, 6.45) is 5.58. The van der Waals surface area contributed by atoms with Crippen LogP contribution in [-0.4, -0.2) is 29.5 Å². The summed E-state index contributed by atoms with van der Waals surface area (Å²) >= 11 is 1.18. The number of para-hydroxylation sites is 1. The SMILES string of the molecule is CCOc1ccccc1/C=C1/ON(CCCCCCC(=O)O)OS1. The molecule has 1 aliphatic heterocycles. The van der Waals surface area contributed by atoms with Crippen molar-refractivity contribution in [3.8, 4) is 5.75 Å². The van der Waals surface area contributed by atoms with E-state index in [1.54, 1.807) is 0 Å². The molecule has 6 nitrogen and oxygen atoms in total. The number of aliphatic carboxylic acids is 1. The van der Waals surface area contributed by atoms with Crippen molar-refractivity contribution in [1.82, 2.24) is 5.23 Å². The lowest BCUT2D eigenvalue weighted by molar-refractivity contribution is -0.259. The van der Waals surface area contributed by atoms with E-state index in [0.29, 0.717) is 24.7 Å². The van der Waals surface area contributed by atoms with Gasteiger partial charge in [0.15, 0.2) is 0 Å². The van der Waals surface area contributed by atoms with Crippen LogP contribution < -0.4 is 4.74 Å². The Kier molecular flexibility index (Phi) is 7.94. The Balaban J connectivity index is 1.73. The van der Waals surface area contributed by atoms with Crippen molar-refractivity contribution in [3.63, 3.8) is 0 Å². The lowest BCUT2D eigenvalue weighted by atomic mass is 10.1. The predicted molar refractivity (Wildman–Crippen MR) is 92.8 cm³/mol. The molecule has 0 radical (unpaired) electrons. The van der Waals surface area contributed by atoms with Gasteiger partial charge in [0, 0.05) is 18.1 Å². The van der Waals surface area contributed by atoms with Crippen LogP contribution in [0.5, 0.6) is 5.75 Å². The molecule has 0 unspecified atom stereocenters. The number of rotatable bonds is 10. The number of ether oxygens (including phenoxy) is 1. The van der Waals surface area contributed by atoms with Gasteiger partial charge < -0.3 is 14.7 Å². The van der Waals surface area contributed by atoms with Gasteiger partial charge in [0.25, 0.3) is 0 Å². The van der Waals surface area contributed by atoms with E-state index in [2.05, 4.69) is 0 Å². The van der Waals surface area contributed by atoms with E-state index in [1.807, 2.05) is 37.3 Å². The maximum absolute atomic E-state index is 10.4. The summed E-state index contributed by atoms with van der Waals surface area (Å²) in [6, 6.07) is 7.77. The maximum atomic E-state index is 10.4. The van der Waals surface area contributed by atoms with E-state index in [1.165, 1.54) is 17.3 Å². The van der Waals surface area contributed by atoms with Gasteiger partial charge in [0.2, 0.25) is 5.09 Å². The van der Waals surface area contributed by atoms with Crippen LogP contribution in [0.1, 0.15) is 44.6 Å². The van der Waals surface area contributed by atoms with Gasteiger partial charge in [-0.2, -0.15) is 4.28 Å². The zero-order chi connectivity index (χ0) is 17.2. The van der Waals surface area contributed by atoms with Crippen LogP contribution in [0.4, 0.5) is 0 Å². The largest absolute Gasteiger partial charge is 0.493 e. The van der Waals surface area contributed by atoms with E-state index < -0.39 is 5.97 Å². The number of carboxylic acid groups (broad SMARTS) is 1. The second kappa shape index (κ2) is 10.2. The van der Waals surface area contributed by atoms with Gasteiger partial charge >= 0.3 is 5.97 Å². The second-order valence-corrected chi connectivity index (χ2v) is 6.02. The topological polar surface area (TPSA) is 68.2 Å². The fraction of sp³-hybridized carbons (Fsp3) is 0.471. The maximum Gasteiger partial charge on any atom is 0.303 e. The number of carbonyl (C=O) groups is 1. The highest BCUT2D eigenvalue weighted by Gasteiger charge is 2.21. The van der Waals surface area contributed by atoms with Crippen molar-refractivity contribution in [2.45, 2.75) is 39.0 Å². The highest BCUT2D eigenvalue weighted by Crippen LogP contribution is 2.33. The van der Waals surface area contributed by atoms with Crippen LogP contribution in [-0.2, 0) is 13.9 Å². The van der Waals surface area contributed by atoms with Crippen LogP contribution in [0.15, 0.2) is 29.4 Å². The summed E-state index contributed by atoms with van der Waals surface area (Å²) in [4.78, 5) is 16.1. The minimum absolute atomic E-state index is 0.235. The molecule has 0 bridgehead atoms. The first-order valence-electron chi connectivity index (χ1n) is 8.14. The highest BCUT2D eigenvalue weighted by molar-refractivity contribution is 7.98. The number of nitrogens with zero attached hydrogens (tertiary/aromatic N) is 1. The third-order valence-electron chi connectivity index (χ3n) is 3.37. The van der Waals surface area contributed by atoms with Crippen LogP contribution in [0.3, 0.4) is 0 Å². The number of hydrogen-bond acceptors (Lipinski definition) is 6. The summed E-state index contributed by atoms with van der Waals surface area (Å²) in [5.41, 5.74) is 0.945. The molecule has 0 saturated carbocycles. The second-order valence-electron chi connectivity index (χ2n) is 5.30. The molecule has 1 aromatic rings. The summed E-state index contributed by atoms with van der Waals surface area (Å²) in [5.74, 6) is 0.0771. The molecule has 2 rings (SSSR count). The van der Waals surface area contributed by atoms with Crippen molar-refractivity contribution in [2.75, 3.05) is 13.2 Å². The Morgan fingerprint density at radius 2 is 2.08 bits per heavy atom. The third-order valence-corrected chi connectivity index (χ3v) is 3.97. The van der Waals surface area contributed by atoms with E-state index in [4.69, 9.17) is 19.0 Å². The summed E-state index contributed by atoms with van der Waals surface area (Å²) in [5, 5.41) is 10.7. The van der Waals surface area contributed by atoms with Crippen LogP contribution in [0, 0.1) is 0 Å². The molecular formula is C17H23NO5S. The van der Waals surface area contributed by atoms with Crippen molar-refractivity contribution in [2.24, 2.45) is 0 Å². The van der Waals surface area contributed by atoms with E-state index >= 15 is 0 Å². The number of carboxylic acids is 1. The Hall–Kier alpha value is -1.70. The van der Waals surface area contributed by atoms with Gasteiger partial charge in [-0.15, -0.1) is 0 Å². The first kappa shape index (κ1) is 18.6. The average Bonchev–Trinajstić information content (AvgIpc) is 3.00. The van der Waals surface area contributed by atoms with Gasteiger partial charge in [-0.05, 0) is 31.1 Å². The highest BCUT2D eigenvalue weighted by atomic mass is 32.2. The lowest BCUT2D eigenvalue weighted by Gasteiger charge is -2.10. The van der Waals surface area contributed by atoms with E-state index in [9.17, 15) is 4.79 Å². The summed E-state index contributed by atoms with van der Waals surface area (Å²) < 4.78 is 11.0. The fourth-order valence-electron chi connectivity index (χ4n) is 2.23. The minimum atomic E-state index is -0.736. The van der Waals surface area contributed by atoms with Gasteiger partial charge in [0.05, 0.1) is 25.2 Å². The Morgan fingerprint density at radius 3 is 2.88 bits per heavy atom. The van der Waals surface area contributed by atoms with Gasteiger partial charge in [0.1, 0.15) is 5.75 Å². The third kappa shape index (κ3) is 6.43. The van der Waals surface area contributed by atoms with Gasteiger partial charge in [-0.1, -0.05) is 31.0 Å². The molecule has 0 atom stereocenters. The number of unbranched alkanes of at least 4 members (excludes halogenated alkanes) is 3. The summed E-state index contributed by atoms with van der Waals surface area (Å²) in [7, 11) is 0. The fourth-order valence-corrected chi connectivity index (χ4v) is 2.78. The molecule has 0 spiro atoms. The average molecular weight is 353 g/mol. The van der Waals surface area contributed by atoms with Crippen molar-refractivity contribution in [1.29, 1.82) is 0 Å². The smallest absolute Gasteiger partial charge is 0.303 e. The molecule has 0 aliphatic carbocycles. The molecule has 1 fully saturated rings. The van der Waals surface area contributed by atoms with Gasteiger partial charge in [-0.3, -0.25) is 4.79 Å². The zero-order valence-electron chi connectivity index (χ0n) is 13.8. The number of hydroxylamine groups is 2. The molecule has 1 aliphatic rings. The molecule has 24 heavy (non-hydrogen) atoms. The Bertz CT molecular complexity index is 564. The summed E-state index contributed by atoms with van der Waals surface area (Å²) in [6.45, 7) is 3.20. The molecule has 1 saturated heterocycles. The van der Waals surface area contributed by atoms with Crippen LogP contribution in [0.25, 0.3) is 6.08 Å². The molecule has 1 N–H and O–H groups in total. The zero-order valence-corrected chi connectivity index (χ0v) is 14.6. The Labute approximate surface area is 146 Å². The van der Waals surface area contributed by atoms with Crippen molar-refractivity contribution >= 4 is 24.1 Å². The van der Waals surface area contributed by atoms with E-state index in [-0.39, 0.29) is 6.42 Å². The minimum Gasteiger partial charge on any atom is -0.493 e. The number of benzene rings is 1. The molecular weight excluding hydrogens is 330 g/mol. The van der Waals surface area contributed by atoms with Crippen molar-refractivity contribution in [3.05, 3.63) is 34.9 Å². The standard InChI is InChI=1S/C17H23NO5S/c1-2-21-15-10-7-6-9-14(15)13-17-22-18(23-24-17)12-8-4-3-5-11-16(19)20/h6-7,9-10,13H,2-5,8,11-12H2,1H3,(H,19,20)/b17-13-. The predicted octanol–water partition coefficient (Wildman–Crippen LogP) is 4.25. The van der Waals surface area contributed by atoms with Crippen molar-refractivity contribution < 1.29 is 23.8 Å². The molecule has 1 aromatic carbocycles. The quantitative estimate of drug-likeness (QED) is 0.498. The first-order chi connectivity index (χ1) is 11.7. The first-order valence-corrected chi connectivity index (χ1v) is 8.88. The molecule has 132 valence electrons. The number of hydrogen-bond donors (Lipinski definition) is 1. The van der Waals surface area contributed by atoms with Gasteiger partial charge in [-0.25, -0.2) is 0 Å². The molecule has 0 aromatic heterocycles. The molecule has 7 heteroatoms. The monoisotopic (exact) mass is 353 g/mol. The van der Waals surface area contributed by atoms with Crippen LogP contribution in [0.2, 0.25) is 0 Å². The van der Waals surface area contributed by atoms with E-state index in [0.717, 1.165) is 30.6 Å². The lowest BCUT2D eigenvalue weighted by Crippen LogP contribution is -2.16. The molecule has 1 heterocycles.